The molecule has 1 aromatic rings. The highest BCUT2D eigenvalue weighted by Gasteiger charge is 2.47. The number of ketones is 1. The monoisotopic (exact) mass is 440 g/mol. The number of esters is 1. The first kappa shape index (κ1) is 25.0. The van der Waals surface area contributed by atoms with Crippen molar-refractivity contribution in [2.24, 2.45) is 17.3 Å². The molecule has 0 amide bonds. The van der Waals surface area contributed by atoms with Crippen LogP contribution in [0.15, 0.2) is 24.3 Å². The van der Waals surface area contributed by atoms with E-state index < -0.39 is 0 Å². The summed E-state index contributed by atoms with van der Waals surface area (Å²) in [5.41, 5.74) is 2.21. The highest BCUT2D eigenvalue weighted by atomic mass is 16.6. The van der Waals surface area contributed by atoms with Crippen molar-refractivity contribution >= 4 is 11.8 Å². The van der Waals surface area contributed by atoms with Crippen LogP contribution in [0.1, 0.15) is 122 Å². The van der Waals surface area contributed by atoms with Crippen molar-refractivity contribution in [3.63, 3.8) is 0 Å². The molecule has 3 rings (SSSR count). The van der Waals surface area contributed by atoms with Crippen molar-refractivity contribution in [2.45, 2.75) is 117 Å². The van der Waals surface area contributed by atoms with E-state index >= 15 is 0 Å². The van der Waals surface area contributed by atoms with Gasteiger partial charge in [-0.2, -0.15) is 0 Å². The molecule has 178 valence electrons. The van der Waals surface area contributed by atoms with E-state index in [0.29, 0.717) is 30.6 Å². The quantitative estimate of drug-likeness (QED) is 0.372. The fourth-order valence-electron chi connectivity index (χ4n) is 5.79. The van der Waals surface area contributed by atoms with Gasteiger partial charge in [-0.3, -0.25) is 9.59 Å². The molecule has 4 unspecified atom stereocenters. The first-order valence-corrected chi connectivity index (χ1v) is 13.0. The number of carbonyl (C=O) groups is 2. The minimum Gasteiger partial charge on any atom is -0.459 e. The van der Waals surface area contributed by atoms with Gasteiger partial charge in [0.05, 0.1) is 5.92 Å². The summed E-state index contributed by atoms with van der Waals surface area (Å²) < 4.78 is 6.08. The first-order valence-electron chi connectivity index (χ1n) is 13.0. The van der Waals surface area contributed by atoms with Gasteiger partial charge in [-0.05, 0) is 79.2 Å². The van der Waals surface area contributed by atoms with Crippen molar-refractivity contribution < 1.29 is 14.3 Å². The number of ether oxygens (including phenoxy) is 1. The first-order chi connectivity index (χ1) is 15.2. The third-order valence-electron chi connectivity index (χ3n) is 9.06. The second-order valence-corrected chi connectivity index (χ2v) is 11.1. The second-order valence-electron chi connectivity index (χ2n) is 11.1. The predicted octanol–water partition coefficient (Wildman–Crippen LogP) is 7.58. The molecule has 1 saturated heterocycles. The van der Waals surface area contributed by atoms with E-state index in [9.17, 15) is 9.59 Å². The van der Waals surface area contributed by atoms with Crippen LogP contribution < -0.4 is 0 Å². The van der Waals surface area contributed by atoms with Gasteiger partial charge in [-0.1, -0.05) is 65.8 Å². The SMILES string of the molecule is CCC1(CC)CCC(C)(CC)C(CC(=O)CC2CCC2c2ccc(C(C)C)cc2)C(=O)O1. The second kappa shape index (κ2) is 10.1. The third kappa shape index (κ3) is 5.13. The fourth-order valence-corrected chi connectivity index (χ4v) is 5.79. The molecule has 3 heteroatoms. The average molecular weight is 441 g/mol. The maximum atomic E-state index is 13.2. The van der Waals surface area contributed by atoms with Crippen LogP contribution in [0.4, 0.5) is 0 Å². The van der Waals surface area contributed by atoms with Gasteiger partial charge in [0.1, 0.15) is 11.4 Å². The highest BCUT2D eigenvalue weighted by molar-refractivity contribution is 5.85. The summed E-state index contributed by atoms with van der Waals surface area (Å²) in [5, 5.41) is 0. The molecule has 1 heterocycles. The van der Waals surface area contributed by atoms with Crippen molar-refractivity contribution in [1.82, 2.24) is 0 Å². The fraction of sp³-hybridized carbons (Fsp3) is 0.724. The molecule has 0 aromatic heterocycles. The Hall–Kier alpha value is -1.64. The Balaban J connectivity index is 1.66. The van der Waals surface area contributed by atoms with Crippen molar-refractivity contribution in [2.75, 3.05) is 0 Å². The number of rotatable bonds is 9. The lowest BCUT2D eigenvalue weighted by molar-refractivity contribution is -0.167. The van der Waals surface area contributed by atoms with Crippen molar-refractivity contribution in [3.05, 3.63) is 35.4 Å². The summed E-state index contributed by atoms with van der Waals surface area (Å²) in [6.07, 6.45) is 7.63. The van der Waals surface area contributed by atoms with E-state index in [1.165, 1.54) is 11.1 Å². The van der Waals surface area contributed by atoms with Gasteiger partial charge >= 0.3 is 5.97 Å². The van der Waals surface area contributed by atoms with Crippen LogP contribution >= 0.6 is 0 Å². The van der Waals surface area contributed by atoms with Gasteiger partial charge in [0.15, 0.2) is 0 Å². The van der Waals surface area contributed by atoms with Gasteiger partial charge in [-0.25, -0.2) is 0 Å². The van der Waals surface area contributed by atoms with Gasteiger partial charge in [0, 0.05) is 12.8 Å². The third-order valence-corrected chi connectivity index (χ3v) is 9.06. The van der Waals surface area contributed by atoms with E-state index in [-0.39, 0.29) is 28.7 Å². The Kier molecular flexibility index (Phi) is 7.89. The van der Waals surface area contributed by atoms with E-state index in [2.05, 4.69) is 65.8 Å². The highest BCUT2D eigenvalue weighted by Crippen LogP contribution is 2.48. The largest absolute Gasteiger partial charge is 0.459 e. The predicted molar refractivity (Wildman–Crippen MR) is 131 cm³/mol. The lowest BCUT2D eigenvalue weighted by atomic mass is 9.66. The molecule has 0 spiro atoms. The Bertz CT molecular complexity index is 789. The van der Waals surface area contributed by atoms with Crippen LogP contribution in [0, 0.1) is 17.3 Å². The standard InChI is InChI=1S/C29H44O3/c1-7-28(6)16-17-29(8-2,9-3)32-27(31)26(28)19-24(30)18-23-14-15-25(23)22-12-10-21(11-13-22)20(4)5/h10-13,20,23,25-26H,7-9,14-19H2,1-6H3. The smallest absolute Gasteiger partial charge is 0.310 e. The van der Waals surface area contributed by atoms with Crippen LogP contribution in [0.25, 0.3) is 0 Å². The van der Waals surface area contributed by atoms with Crippen LogP contribution in [-0.2, 0) is 14.3 Å². The van der Waals surface area contributed by atoms with Gasteiger partial charge in [0.2, 0.25) is 0 Å². The summed E-state index contributed by atoms with van der Waals surface area (Å²) in [5.74, 6) is 1.20. The molecule has 2 aliphatic rings. The molecule has 1 saturated carbocycles. The maximum Gasteiger partial charge on any atom is 0.310 e. The molecule has 1 aliphatic carbocycles. The van der Waals surface area contributed by atoms with E-state index in [1.54, 1.807) is 0 Å². The molecule has 3 nitrogen and oxygen atoms in total. The van der Waals surface area contributed by atoms with Gasteiger partial charge in [-0.15, -0.1) is 0 Å². The van der Waals surface area contributed by atoms with E-state index in [4.69, 9.17) is 4.74 Å². The minimum absolute atomic E-state index is 0.140. The van der Waals surface area contributed by atoms with Crippen LogP contribution in [0.3, 0.4) is 0 Å². The summed E-state index contributed by atoms with van der Waals surface area (Å²) >= 11 is 0. The molecule has 2 fully saturated rings. The van der Waals surface area contributed by atoms with Crippen LogP contribution in [-0.4, -0.2) is 17.4 Å². The number of Topliss-reactive ketones (excluding diaryl/α,β-unsaturated/α-hetero) is 1. The normalized spacial score (nSPS) is 29.8. The van der Waals surface area contributed by atoms with Crippen LogP contribution in [0.5, 0.6) is 0 Å². The van der Waals surface area contributed by atoms with Gasteiger partial charge in [0.25, 0.3) is 0 Å². The molecule has 0 N–H and O–H groups in total. The zero-order chi connectivity index (χ0) is 23.5. The Morgan fingerprint density at radius 2 is 1.66 bits per heavy atom. The van der Waals surface area contributed by atoms with Crippen LogP contribution in [0.2, 0.25) is 0 Å². The van der Waals surface area contributed by atoms with E-state index in [0.717, 1.165) is 44.9 Å². The number of benzene rings is 1. The lowest BCUT2D eigenvalue weighted by Gasteiger charge is -2.38. The summed E-state index contributed by atoms with van der Waals surface area (Å²) in [4.78, 5) is 26.4. The number of hydrogen-bond donors (Lipinski definition) is 0. The molecule has 1 aromatic carbocycles. The average Bonchev–Trinajstić information content (AvgIpc) is 2.87. The Labute approximate surface area is 195 Å². The lowest BCUT2D eigenvalue weighted by Crippen LogP contribution is -2.37. The maximum absolute atomic E-state index is 13.2. The molecule has 0 radical (unpaired) electrons. The number of hydrogen-bond acceptors (Lipinski definition) is 3. The topological polar surface area (TPSA) is 43.4 Å². The summed E-state index contributed by atoms with van der Waals surface area (Å²) in [7, 11) is 0. The zero-order valence-corrected chi connectivity index (χ0v) is 21.2. The summed E-state index contributed by atoms with van der Waals surface area (Å²) in [6.45, 7) is 13.0. The van der Waals surface area contributed by atoms with Crippen molar-refractivity contribution in [3.8, 4) is 0 Å². The van der Waals surface area contributed by atoms with Crippen molar-refractivity contribution in [1.29, 1.82) is 0 Å². The van der Waals surface area contributed by atoms with E-state index in [1.807, 2.05) is 0 Å². The molecule has 0 bridgehead atoms. The molecule has 32 heavy (non-hydrogen) atoms. The summed E-state index contributed by atoms with van der Waals surface area (Å²) in [6, 6.07) is 8.98. The molecule has 4 atom stereocenters. The Morgan fingerprint density at radius 1 is 1.00 bits per heavy atom. The van der Waals surface area contributed by atoms with Gasteiger partial charge < -0.3 is 4.74 Å². The molecule has 1 aliphatic heterocycles. The molecular formula is C29H44O3. The number of carbonyl (C=O) groups excluding carboxylic acids is 2. The zero-order valence-electron chi connectivity index (χ0n) is 21.2. The minimum atomic E-state index is -0.355. The number of cyclic esters (lactones) is 1. The molecular weight excluding hydrogens is 396 g/mol. The Morgan fingerprint density at radius 3 is 2.16 bits per heavy atom.